The van der Waals surface area contributed by atoms with E-state index in [0.29, 0.717) is 0 Å². The Morgan fingerprint density at radius 1 is 1.15 bits per heavy atom. The van der Waals surface area contributed by atoms with Crippen LogP contribution < -0.4 is 15.2 Å². The van der Waals surface area contributed by atoms with Crippen molar-refractivity contribution in [2.24, 2.45) is 5.73 Å². The number of ether oxygens (including phenoxy) is 2. The highest BCUT2D eigenvalue weighted by Crippen LogP contribution is 2.32. The van der Waals surface area contributed by atoms with E-state index in [1.165, 1.54) is 5.56 Å². The summed E-state index contributed by atoms with van der Waals surface area (Å²) in [4.78, 5) is 0. The lowest BCUT2D eigenvalue weighted by molar-refractivity contribution is 0.412. The van der Waals surface area contributed by atoms with Crippen molar-refractivity contribution >= 4 is 15.9 Å². The molecule has 2 aromatic carbocycles. The molecule has 106 valence electrons. The minimum Gasteiger partial charge on any atom is -0.497 e. The molecule has 0 spiro atoms. The van der Waals surface area contributed by atoms with Gasteiger partial charge in [-0.05, 0) is 65.2 Å². The van der Waals surface area contributed by atoms with Gasteiger partial charge in [-0.15, -0.1) is 0 Å². The Hall–Kier alpha value is -1.52. The van der Waals surface area contributed by atoms with Gasteiger partial charge < -0.3 is 15.2 Å². The third kappa shape index (κ3) is 3.99. The average Bonchev–Trinajstić information content (AvgIpc) is 2.41. The van der Waals surface area contributed by atoms with E-state index >= 15 is 0 Å². The molecule has 0 aromatic heterocycles. The minimum absolute atomic E-state index is 0.137. The van der Waals surface area contributed by atoms with Crippen LogP contribution in [0.3, 0.4) is 0 Å². The highest BCUT2D eigenvalue weighted by atomic mass is 79.9. The highest BCUT2D eigenvalue weighted by Gasteiger charge is 2.06. The zero-order chi connectivity index (χ0) is 14.5. The molecule has 0 saturated heterocycles. The van der Waals surface area contributed by atoms with Gasteiger partial charge in [-0.2, -0.15) is 0 Å². The van der Waals surface area contributed by atoms with Gasteiger partial charge in [0.05, 0.1) is 11.6 Å². The topological polar surface area (TPSA) is 44.5 Å². The first-order valence-corrected chi connectivity index (χ1v) is 7.23. The van der Waals surface area contributed by atoms with E-state index in [1.54, 1.807) is 7.11 Å². The van der Waals surface area contributed by atoms with Crippen LogP contribution in [-0.2, 0) is 6.42 Å². The number of rotatable bonds is 5. The lowest BCUT2D eigenvalue weighted by atomic mass is 10.1. The van der Waals surface area contributed by atoms with Crippen molar-refractivity contribution in [2.45, 2.75) is 19.4 Å². The Morgan fingerprint density at radius 2 is 1.95 bits per heavy atom. The smallest absolute Gasteiger partial charge is 0.141 e. The maximum Gasteiger partial charge on any atom is 0.141 e. The molecule has 3 nitrogen and oxygen atoms in total. The van der Waals surface area contributed by atoms with Crippen molar-refractivity contribution in [1.29, 1.82) is 0 Å². The molecule has 2 aromatic rings. The van der Waals surface area contributed by atoms with Crippen molar-refractivity contribution in [2.75, 3.05) is 7.11 Å². The lowest BCUT2D eigenvalue weighted by Gasteiger charge is -2.11. The predicted octanol–water partition coefficient (Wildman–Crippen LogP) is 4.14. The summed E-state index contributed by atoms with van der Waals surface area (Å²) in [6.45, 7) is 1.99. The molecule has 0 aliphatic rings. The first-order chi connectivity index (χ1) is 9.58. The Labute approximate surface area is 127 Å². The second-order valence-corrected chi connectivity index (χ2v) is 5.58. The molecule has 2 rings (SSSR count). The molecular weight excluding hydrogens is 318 g/mol. The van der Waals surface area contributed by atoms with Crippen LogP contribution in [-0.4, -0.2) is 13.2 Å². The second-order valence-electron chi connectivity index (χ2n) is 4.73. The van der Waals surface area contributed by atoms with Gasteiger partial charge in [0.15, 0.2) is 0 Å². The summed E-state index contributed by atoms with van der Waals surface area (Å²) in [5.74, 6) is 2.34. The number of nitrogens with two attached hydrogens (primary N) is 1. The van der Waals surface area contributed by atoms with Crippen molar-refractivity contribution in [3.8, 4) is 17.2 Å². The van der Waals surface area contributed by atoms with E-state index in [4.69, 9.17) is 15.2 Å². The molecule has 0 bridgehead atoms. The Kier molecular flexibility index (Phi) is 5.04. The number of benzene rings is 2. The third-order valence-electron chi connectivity index (χ3n) is 2.82. The maximum atomic E-state index is 5.89. The van der Waals surface area contributed by atoms with Crippen LogP contribution >= 0.6 is 15.9 Å². The van der Waals surface area contributed by atoms with Gasteiger partial charge in [-0.25, -0.2) is 0 Å². The zero-order valence-corrected chi connectivity index (χ0v) is 13.2. The summed E-state index contributed by atoms with van der Waals surface area (Å²) in [5, 5.41) is 0. The van der Waals surface area contributed by atoms with Crippen molar-refractivity contribution in [3.63, 3.8) is 0 Å². The lowest BCUT2D eigenvalue weighted by Crippen LogP contribution is -2.17. The maximum absolute atomic E-state index is 5.89. The minimum atomic E-state index is 0.137. The van der Waals surface area contributed by atoms with Gasteiger partial charge in [0.25, 0.3) is 0 Å². The molecule has 20 heavy (non-hydrogen) atoms. The average molecular weight is 336 g/mol. The number of methoxy groups -OCH3 is 1. The quantitative estimate of drug-likeness (QED) is 0.892. The fourth-order valence-electron chi connectivity index (χ4n) is 1.93. The van der Waals surface area contributed by atoms with E-state index in [1.807, 2.05) is 43.3 Å². The van der Waals surface area contributed by atoms with E-state index in [2.05, 4.69) is 22.0 Å². The highest BCUT2D eigenvalue weighted by molar-refractivity contribution is 9.10. The molecule has 0 aliphatic carbocycles. The SMILES string of the molecule is COc1ccc(Oc2cccc(CC(C)N)c2)c(Br)c1. The van der Waals surface area contributed by atoms with E-state index in [-0.39, 0.29) is 6.04 Å². The van der Waals surface area contributed by atoms with Crippen LogP contribution in [0.15, 0.2) is 46.9 Å². The predicted molar refractivity (Wildman–Crippen MR) is 84.6 cm³/mol. The molecule has 1 atom stereocenters. The van der Waals surface area contributed by atoms with Gasteiger partial charge in [0, 0.05) is 6.04 Å². The van der Waals surface area contributed by atoms with Gasteiger partial charge >= 0.3 is 0 Å². The molecule has 0 aliphatic heterocycles. The van der Waals surface area contributed by atoms with E-state index in [9.17, 15) is 0 Å². The first kappa shape index (κ1) is 14.9. The summed E-state index contributed by atoms with van der Waals surface area (Å²) >= 11 is 3.48. The monoisotopic (exact) mass is 335 g/mol. The second kappa shape index (κ2) is 6.77. The fraction of sp³-hybridized carbons (Fsp3) is 0.250. The van der Waals surface area contributed by atoms with Crippen LogP contribution in [0.5, 0.6) is 17.2 Å². The number of halogens is 1. The fourth-order valence-corrected chi connectivity index (χ4v) is 2.36. The van der Waals surface area contributed by atoms with Crippen LogP contribution in [0.2, 0.25) is 0 Å². The largest absolute Gasteiger partial charge is 0.497 e. The first-order valence-electron chi connectivity index (χ1n) is 6.44. The summed E-state index contributed by atoms with van der Waals surface area (Å²) < 4.78 is 11.9. The number of hydrogen-bond acceptors (Lipinski definition) is 3. The summed E-state index contributed by atoms with van der Waals surface area (Å²) in [6, 6.07) is 13.7. The molecule has 0 fully saturated rings. The van der Waals surface area contributed by atoms with Crippen molar-refractivity contribution in [1.82, 2.24) is 0 Å². The van der Waals surface area contributed by atoms with E-state index < -0.39 is 0 Å². The Morgan fingerprint density at radius 3 is 2.60 bits per heavy atom. The van der Waals surface area contributed by atoms with Gasteiger partial charge in [0.1, 0.15) is 17.2 Å². The van der Waals surface area contributed by atoms with Gasteiger partial charge in [-0.3, -0.25) is 0 Å². The normalized spacial score (nSPS) is 12.0. The Bertz CT molecular complexity index is 584. The number of hydrogen-bond donors (Lipinski definition) is 1. The van der Waals surface area contributed by atoms with Gasteiger partial charge in [0.2, 0.25) is 0 Å². The van der Waals surface area contributed by atoms with Crippen LogP contribution in [0.25, 0.3) is 0 Å². The van der Waals surface area contributed by atoms with Crippen molar-refractivity contribution < 1.29 is 9.47 Å². The Balaban J connectivity index is 2.17. The summed E-state index contributed by atoms with van der Waals surface area (Å²) in [6.07, 6.45) is 0.834. The van der Waals surface area contributed by atoms with Crippen LogP contribution in [0.4, 0.5) is 0 Å². The molecule has 0 saturated carbocycles. The molecule has 1 unspecified atom stereocenters. The zero-order valence-electron chi connectivity index (χ0n) is 11.6. The molecule has 0 radical (unpaired) electrons. The molecule has 2 N–H and O–H groups in total. The van der Waals surface area contributed by atoms with Gasteiger partial charge in [-0.1, -0.05) is 12.1 Å². The summed E-state index contributed by atoms with van der Waals surface area (Å²) in [5.41, 5.74) is 6.99. The van der Waals surface area contributed by atoms with Crippen LogP contribution in [0, 0.1) is 0 Å². The third-order valence-corrected chi connectivity index (χ3v) is 3.44. The molecular formula is C16H18BrNO2. The molecule has 0 amide bonds. The molecule has 0 heterocycles. The molecule has 4 heteroatoms. The standard InChI is InChI=1S/C16H18BrNO2/c1-11(18)8-12-4-3-5-14(9-12)20-16-7-6-13(19-2)10-15(16)17/h3-7,9-11H,8,18H2,1-2H3. The van der Waals surface area contributed by atoms with E-state index in [0.717, 1.165) is 28.1 Å². The summed E-state index contributed by atoms with van der Waals surface area (Å²) in [7, 11) is 1.64. The van der Waals surface area contributed by atoms with Crippen LogP contribution in [0.1, 0.15) is 12.5 Å². The van der Waals surface area contributed by atoms with Crippen molar-refractivity contribution in [3.05, 3.63) is 52.5 Å².